The van der Waals surface area contributed by atoms with Gasteiger partial charge in [-0.25, -0.2) is 14.1 Å². The number of imide groups is 2. The van der Waals surface area contributed by atoms with Crippen LogP contribution in [0.1, 0.15) is 17.0 Å². The van der Waals surface area contributed by atoms with E-state index in [1.54, 1.807) is 30.3 Å². The molecule has 34 heavy (non-hydrogen) atoms. The van der Waals surface area contributed by atoms with Gasteiger partial charge in [-0.1, -0.05) is 0 Å². The number of carbonyl (C=O) groups is 3. The number of barbiturate groups is 1. The van der Waals surface area contributed by atoms with Gasteiger partial charge in [-0.3, -0.25) is 14.9 Å². The van der Waals surface area contributed by atoms with Gasteiger partial charge >= 0.3 is 6.03 Å². The van der Waals surface area contributed by atoms with Crippen LogP contribution in [0.4, 0.5) is 14.9 Å². The zero-order valence-electron chi connectivity index (χ0n) is 19.0. The van der Waals surface area contributed by atoms with Crippen molar-refractivity contribution < 1.29 is 28.2 Å². The Bertz CT molecular complexity index is 1340. The number of aromatic nitrogens is 1. The molecule has 1 saturated heterocycles. The molecule has 0 radical (unpaired) electrons. The number of urea groups is 1. The van der Waals surface area contributed by atoms with Crippen LogP contribution in [-0.2, 0) is 9.59 Å². The average Bonchev–Trinajstić information content (AvgIpc) is 3.09. The monoisotopic (exact) mass is 463 g/mol. The first-order chi connectivity index (χ1) is 16.2. The van der Waals surface area contributed by atoms with E-state index in [2.05, 4.69) is 5.32 Å². The van der Waals surface area contributed by atoms with Gasteiger partial charge in [-0.05, 0) is 68.0 Å². The number of rotatable bonds is 5. The molecule has 2 heterocycles. The predicted molar refractivity (Wildman–Crippen MR) is 124 cm³/mol. The zero-order valence-corrected chi connectivity index (χ0v) is 19.0. The minimum absolute atomic E-state index is 0.138. The number of carbonyl (C=O) groups excluding carboxylic acids is 3. The molecular weight excluding hydrogens is 441 g/mol. The fourth-order valence-corrected chi connectivity index (χ4v) is 3.92. The highest BCUT2D eigenvalue weighted by molar-refractivity contribution is 6.39. The number of hydrogen-bond acceptors (Lipinski definition) is 5. The second kappa shape index (κ2) is 8.86. The van der Waals surface area contributed by atoms with Crippen LogP contribution in [0.3, 0.4) is 0 Å². The van der Waals surface area contributed by atoms with Gasteiger partial charge < -0.3 is 14.0 Å². The van der Waals surface area contributed by atoms with E-state index in [0.29, 0.717) is 11.3 Å². The van der Waals surface area contributed by atoms with Crippen LogP contribution in [0, 0.1) is 19.7 Å². The minimum Gasteiger partial charge on any atom is -0.497 e. The first-order valence-corrected chi connectivity index (χ1v) is 10.3. The number of anilines is 1. The first-order valence-electron chi connectivity index (χ1n) is 10.3. The van der Waals surface area contributed by atoms with E-state index in [9.17, 15) is 18.8 Å². The summed E-state index contributed by atoms with van der Waals surface area (Å²) in [6, 6.07) is 11.6. The van der Waals surface area contributed by atoms with Gasteiger partial charge in [-0.15, -0.1) is 0 Å². The third-order valence-electron chi connectivity index (χ3n) is 5.58. The number of nitrogens with zero attached hydrogens (tertiary/aromatic N) is 2. The van der Waals surface area contributed by atoms with Gasteiger partial charge in [0.2, 0.25) is 0 Å². The molecule has 0 aliphatic carbocycles. The van der Waals surface area contributed by atoms with E-state index in [0.717, 1.165) is 22.0 Å². The summed E-state index contributed by atoms with van der Waals surface area (Å²) >= 11 is 0. The van der Waals surface area contributed by atoms with Crippen molar-refractivity contribution in [1.29, 1.82) is 0 Å². The number of nitrogens with one attached hydrogen (secondary N) is 1. The lowest BCUT2D eigenvalue weighted by molar-refractivity contribution is -0.122. The lowest BCUT2D eigenvalue weighted by Gasteiger charge is -2.27. The number of aryl methyl sites for hydroxylation is 1. The summed E-state index contributed by atoms with van der Waals surface area (Å²) in [4.78, 5) is 39.5. The van der Waals surface area contributed by atoms with Crippen molar-refractivity contribution in [3.8, 4) is 17.2 Å². The van der Waals surface area contributed by atoms with Gasteiger partial charge in [0, 0.05) is 23.1 Å². The quantitative estimate of drug-likeness (QED) is 0.458. The lowest BCUT2D eigenvalue weighted by atomic mass is 10.1. The SMILES string of the molecule is COc1ccc(OC)c(N2C(=O)NC(=O)/C(=C\c3cc(C)n(-c4ccc(F)cc4)c3C)C2=O)c1. The van der Waals surface area contributed by atoms with Gasteiger partial charge in [0.05, 0.1) is 19.9 Å². The maximum absolute atomic E-state index is 13.4. The van der Waals surface area contributed by atoms with Crippen LogP contribution in [0.15, 0.2) is 54.1 Å². The molecule has 4 amide bonds. The molecule has 0 unspecified atom stereocenters. The minimum atomic E-state index is -0.893. The fourth-order valence-electron chi connectivity index (χ4n) is 3.92. The molecule has 3 aromatic rings. The van der Waals surface area contributed by atoms with Crippen LogP contribution in [0.2, 0.25) is 0 Å². The maximum Gasteiger partial charge on any atom is 0.336 e. The van der Waals surface area contributed by atoms with Crippen molar-refractivity contribution in [2.45, 2.75) is 13.8 Å². The summed E-state index contributed by atoms with van der Waals surface area (Å²) < 4.78 is 25.8. The largest absolute Gasteiger partial charge is 0.497 e. The van der Waals surface area contributed by atoms with E-state index in [-0.39, 0.29) is 22.8 Å². The maximum atomic E-state index is 13.4. The Balaban J connectivity index is 1.78. The van der Waals surface area contributed by atoms with E-state index >= 15 is 0 Å². The molecule has 4 rings (SSSR count). The van der Waals surface area contributed by atoms with Gasteiger partial charge in [0.25, 0.3) is 11.8 Å². The Morgan fingerprint density at radius 2 is 1.65 bits per heavy atom. The number of halogens is 1. The zero-order chi connectivity index (χ0) is 24.6. The van der Waals surface area contributed by atoms with E-state index in [1.165, 1.54) is 38.5 Å². The smallest absolute Gasteiger partial charge is 0.336 e. The Labute approximate surface area is 195 Å². The van der Waals surface area contributed by atoms with Crippen molar-refractivity contribution in [1.82, 2.24) is 9.88 Å². The van der Waals surface area contributed by atoms with Crippen molar-refractivity contribution in [2.24, 2.45) is 0 Å². The van der Waals surface area contributed by atoms with Gasteiger partial charge in [0.15, 0.2) is 0 Å². The molecule has 174 valence electrons. The molecule has 8 nitrogen and oxygen atoms in total. The van der Waals surface area contributed by atoms with E-state index in [1.807, 2.05) is 18.4 Å². The topological polar surface area (TPSA) is 89.9 Å². The highest BCUT2D eigenvalue weighted by Crippen LogP contribution is 2.35. The molecule has 9 heteroatoms. The number of benzene rings is 2. The van der Waals surface area contributed by atoms with E-state index < -0.39 is 17.8 Å². The van der Waals surface area contributed by atoms with Crippen molar-refractivity contribution in [3.05, 3.63) is 76.9 Å². The number of ether oxygens (including phenoxy) is 2. The summed E-state index contributed by atoms with van der Waals surface area (Å²) in [7, 11) is 2.86. The van der Waals surface area contributed by atoms with E-state index in [4.69, 9.17) is 9.47 Å². The van der Waals surface area contributed by atoms with Crippen LogP contribution in [0.5, 0.6) is 11.5 Å². The summed E-state index contributed by atoms with van der Waals surface area (Å²) in [5.41, 5.74) is 2.82. The molecule has 0 atom stereocenters. The third-order valence-corrected chi connectivity index (χ3v) is 5.58. The highest BCUT2D eigenvalue weighted by atomic mass is 19.1. The predicted octanol–water partition coefficient (Wildman–Crippen LogP) is 3.92. The Morgan fingerprint density at radius 3 is 2.29 bits per heavy atom. The Hall–Kier alpha value is -4.40. The van der Waals surface area contributed by atoms with Crippen molar-refractivity contribution >= 4 is 29.6 Å². The second-order valence-electron chi connectivity index (χ2n) is 7.63. The average molecular weight is 463 g/mol. The normalized spacial score (nSPS) is 15.0. The number of amides is 4. The van der Waals surface area contributed by atoms with Crippen LogP contribution in [-0.4, -0.2) is 36.6 Å². The Kier molecular flexibility index (Phi) is 5.93. The molecule has 1 aliphatic rings. The number of methoxy groups -OCH3 is 2. The molecule has 1 aliphatic heterocycles. The standard InChI is InChI=1S/C25H22FN3O5/c1-14-11-16(15(2)28(14)18-7-5-17(26)6-8-18)12-20-23(30)27-25(32)29(24(20)31)21-13-19(33-3)9-10-22(21)34-4/h5-13H,1-4H3,(H,27,30,32)/b20-12+. The van der Waals surface area contributed by atoms with Crippen molar-refractivity contribution in [3.63, 3.8) is 0 Å². The number of hydrogen-bond donors (Lipinski definition) is 1. The van der Waals surface area contributed by atoms with Crippen LogP contribution in [0.25, 0.3) is 11.8 Å². The molecule has 1 fully saturated rings. The summed E-state index contributed by atoms with van der Waals surface area (Å²) in [6.07, 6.45) is 1.44. The summed E-state index contributed by atoms with van der Waals surface area (Å²) in [5.74, 6) is -1.29. The van der Waals surface area contributed by atoms with Gasteiger partial charge in [0.1, 0.15) is 22.9 Å². The van der Waals surface area contributed by atoms with Crippen LogP contribution < -0.4 is 19.7 Å². The molecule has 1 N–H and O–H groups in total. The molecular formula is C25H22FN3O5. The lowest BCUT2D eigenvalue weighted by Crippen LogP contribution is -2.54. The fraction of sp³-hybridized carbons (Fsp3) is 0.160. The first kappa shape index (κ1) is 22.8. The molecule has 0 spiro atoms. The molecule has 2 aromatic carbocycles. The van der Waals surface area contributed by atoms with Crippen molar-refractivity contribution in [2.75, 3.05) is 19.1 Å². The Morgan fingerprint density at radius 1 is 0.941 bits per heavy atom. The highest BCUT2D eigenvalue weighted by Gasteiger charge is 2.38. The molecule has 1 aromatic heterocycles. The molecule has 0 bridgehead atoms. The second-order valence-corrected chi connectivity index (χ2v) is 7.63. The summed E-state index contributed by atoms with van der Waals surface area (Å²) in [6.45, 7) is 3.68. The van der Waals surface area contributed by atoms with Crippen LogP contribution >= 0.6 is 0 Å². The molecule has 0 saturated carbocycles. The van der Waals surface area contributed by atoms with Gasteiger partial charge in [-0.2, -0.15) is 0 Å². The third kappa shape index (κ3) is 3.92. The summed E-state index contributed by atoms with van der Waals surface area (Å²) in [5, 5.41) is 2.21.